The number of benzene rings is 1. The normalized spacial score (nSPS) is 10.9. The van der Waals surface area contributed by atoms with Crippen molar-refractivity contribution in [3.63, 3.8) is 0 Å². The van der Waals surface area contributed by atoms with Crippen molar-refractivity contribution >= 4 is 10.9 Å². The highest BCUT2D eigenvalue weighted by atomic mass is 14.9. The first-order valence-corrected chi connectivity index (χ1v) is 5.77. The predicted molar refractivity (Wildman–Crippen MR) is 70.0 cm³/mol. The Morgan fingerprint density at radius 3 is 2.88 bits per heavy atom. The monoisotopic (exact) mass is 222 g/mol. The van der Waals surface area contributed by atoms with E-state index < -0.39 is 0 Å². The fraction of sp³-hybridized carbons (Fsp3) is 0.133. The van der Waals surface area contributed by atoms with Gasteiger partial charge in [-0.1, -0.05) is 18.2 Å². The van der Waals surface area contributed by atoms with E-state index in [1.165, 1.54) is 16.5 Å². The Morgan fingerprint density at radius 2 is 2.06 bits per heavy atom. The largest absolute Gasteiger partial charge is 0.350 e. The van der Waals surface area contributed by atoms with E-state index in [-0.39, 0.29) is 0 Å². The van der Waals surface area contributed by atoms with Gasteiger partial charge in [-0.3, -0.25) is 4.98 Å². The highest BCUT2D eigenvalue weighted by Crippen LogP contribution is 2.13. The van der Waals surface area contributed by atoms with Gasteiger partial charge in [-0.25, -0.2) is 0 Å². The number of aryl methyl sites for hydroxylation is 1. The van der Waals surface area contributed by atoms with E-state index in [1.807, 2.05) is 24.4 Å². The first-order valence-electron chi connectivity index (χ1n) is 5.77. The third-order valence-electron chi connectivity index (χ3n) is 2.91. The van der Waals surface area contributed by atoms with Gasteiger partial charge < -0.3 is 4.57 Å². The minimum atomic E-state index is 0.881. The molecule has 0 fully saturated rings. The van der Waals surface area contributed by atoms with Crippen LogP contribution in [-0.2, 0) is 6.54 Å². The third-order valence-corrected chi connectivity index (χ3v) is 2.91. The zero-order valence-corrected chi connectivity index (χ0v) is 9.80. The molecule has 17 heavy (non-hydrogen) atoms. The lowest BCUT2D eigenvalue weighted by Crippen LogP contribution is -1.96. The molecule has 0 amide bonds. The van der Waals surface area contributed by atoms with E-state index in [0.717, 1.165) is 12.1 Å². The fourth-order valence-corrected chi connectivity index (χ4v) is 2.07. The summed E-state index contributed by atoms with van der Waals surface area (Å²) in [6.45, 7) is 2.99. The van der Waals surface area contributed by atoms with Crippen LogP contribution in [0.2, 0.25) is 0 Å². The SMILES string of the molecule is Cc1ccn(Cc2cnc3ccccc3c2)c1. The molecule has 0 unspecified atom stereocenters. The molecular formula is C15H14N2. The van der Waals surface area contributed by atoms with Gasteiger partial charge in [0, 0.05) is 30.5 Å². The van der Waals surface area contributed by atoms with Gasteiger partial charge in [0.2, 0.25) is 0 Å². The van der Waals surface area contributed by atoms with Crippen LogP contribution in [0, 0.1) is 6.92 Å². The number of para-hydroxylation sites is 1. The molecule has 84 valence electrons. The molecule has 2 nitrogen and oxygen atoms in total. The van der Waals surface area contributed by atoms with Crippen molar-refractivity contribution in [2.75, 3.05) is 0 Å². The predicted octanol–water partition coefficient (Wildman–Crippen LogP) is 3.39. The Hall–Kier alpha value is -2.09. The number of nitrogens with zero attached hydrogens (tertiary/aromatic N) is 2. The molecule has 0 aliphatic heterocycles. The van der Waals surface area contributed by atoms with Crippen LogP contribution in [0.15, 0.2) is 55.0 Å². The summed E-state index contributed by atoms with van der Waals surface area (Å²) in [4.78, 5) is 4.47. The lowest BCUT2D eigenvalue weighted by molar-refractivity contribution is 0.802. The van der Waals surface area contributed by atoms with Crippen molar-refractivity contribution in [2.45, 2.75) is 13.5 Å². The van der Waals surface area contributed by atoms with Gasteiger partial charge in [0.15, 0.2) is 0 Å². The second-order valence-corrected chi connectivity index (χ2v) is 4.40. The number of hydrogen-bond acceptors (Lipinski definition) is 1. The zero-order chi connectivity index (χ0) is 11.7. The first kappa shape index (κ1) is 10.1. The Morgan fingerprint density at radius 1 is 1.18 bits per heavy atom. The van der Waals surface area contributed by atoms with Gasteiger partial charge in [-0.2, -0.15) is 0 Å². The van der Waals surface area contributed by atoms with Crippen molar-refractivity contribution < 1.29 is 0 Å². The van der Waals surface area contributed by atoms with Crippen LogP contribution < -0.4 is 0 Å². The Kier molecular flexibility index (Phi) is 2.41. The summed E-state index contributed by atoms with van der Waals surface area (Å²) < 4.78 is 2.18. The maximum Gasteiger partial charge on any atom is 0.0702 e. The van der Waals surface area contributed by atoms with Crippen LogP contribution >= 0.6 is 0 Å². The Labute approximate surface area is 101 Å². The van der Waals surface area contributed by atoms with E-state index in [0.29, 0.717) is 0 Å². The maximum atomic E-state index is 4.47. The van der Waals surface area contributed by atoms with Crippen LogP contribution in [0.5, 0.6) is 0 Å². The van der Waals surface area contributed by atoms with Crippen molar-refractivity contribution in [1.82, 2.24) is 9.55 Å². The van der Waals surface area contributed by atoms with Gasteiger partial charge in [0.05, 0.1) is 5.52 Å². The molecule has 0 radical (unpaired) electrons. The summed E-state index contributed by atoms with van der Waals surface area (Å²) in [7, 11) is 0. The third kappa shape index (κ3) is 2.07. The number of aromatic nitrogens is 2. The Bertz CT molecular complexity index is 653. The van der Waals surface area contributed by atoms with Crippen molar-refractivity contribution in [1.29, 1.82) is 0 Å². The van der Waals surface area contributed by atoms with Gasteiger partial charge >= 0.3 is 0 Å². The second kappa shape index (κ2) is 4.06. The van der Waals surface area contributed by atoms with Crippen LogP contribution in [0.1, 0.15) is 11.1 Å². The highest BCUT2D eigenvalue weighted by Gasteiger charge is 1.98. The molecule has 3 aromatic rings. The number of rotatable bonds is 2. The molecule has 0 N–H and O–H groups in total. The molecule has 1 aromatic carbocycles. The fourth-order valence-electron chi connectivity index (χ4n) is 2.07. The van der Waals surface area contributed by atoms with Crippen molar-refractivity contribution in [3.8, 4) is 0 Å². The summed E-state index contributed by atoms with van der Waals surface area (Å²) in [5, 5.41) is 1.20. The molecule has 0 saturated heterocycles. The standard InChI is InChI=1S/C15H14N2/c1-12-6-7-17(10-12)11-13-8-14-4-2-3-5-15(14)16-9-13/h2-10H,11H2,1H3. The van der Waals surface area contributed by atoms with Crippen LogP contribution in [0.3, 0.4) is 0 Å². The van der Waals surface area contributed by atoms with E-state index in [1.54, 1.807) is 0 Å². The highest BCUT2D eigenvalue weighted by molar-refractivity contribution is 5.78. The lowest BCUT2D eigenvalue weighted by atomic mass is 10.1. The molecule has 3 rings (SSSR count). The maximum absolute atomic E-state index is 4.47. The van der Waals surface area contributed by atoms with E-state index >= 15 is 0 Å². The van der Waals surface area contributed by atoms with Gasteiger partial charge in [-0.05, 0) is 36.2 Å². The summed E-state index contributed by atoms with van der Waals surface area (Å²) in [5.41, 5.74) is 3.58. The average molecular weight is 222 g/mol. The van der Waals surface area contributed by atoms with Crippen LogP contribution in [0.25, 0.3) is 10.9 Å². The average Bonchev–Trinajstić information content (AvgIpc) is 2.75. The zero-order valence-electron chi connectivity index (χ0n) is 9.80. The molecule has 0 saturated carbocycles. The smallest absolute Gasteiger partial charge is 0.0702 e. The van der Waals surface area contributed by atoms with Crippen LogP contribution in [-0.4, -0.2) is 9.55 Å². The van der Waals surface area contributed by atoms with E-state index in [2.05, 4.69) is 47.1 Å². The summed E-state index contributed by atoms with van der Waals surface area (Å²) >= 11 is 0. The van der Waals surface area contributed by atoms with Crippen molar-refractivity contribution in [3.05, 3.63) is 66.1 Å². The van der Waals surface area contributed by atoms with Gasteiger partial charge in [-0.15, -0.1) is 0 Å². The minimum absolute atomic E-state index is 0.881. The topological polar surface area (TPSA) is 17.8 Å². The summed E-state index contributed by atoms with van der Waals surface area (Å²) in [6, 6.07) is 12.5. The van der Waals surface area contributed by atoms with Gasteiger partial charge in [0.1, 0.15) is 0 Å². The number of hydrogen-bond donors (Lipinski definition) is 0. The molecule has 0 aliphatic carbocycles. The molecule has 0 bridgehead atoms. The molecule has 2 aromatic heterocycles. The summed E-state index contributed by atoms with van der Waals surface area (Å²) in [5.74, 6) is 0. The van der Waals surface area contributed by atoms with E-state index in [4.69, 9.17) is 0 Å². The molecule has 0 aliphatic rings. The molecule has 0 spiro atoms. The summed E-state index contributed by atoms with van der Waals surface area (Å²) in [6.07, 6.45) is 6.21. The van der Waals surface area contributed by atoms with Crippen molar-refractivity contribution in [2.24, 2.45) is 0 Å². The quantitative estimate of drug-likeness (QED) is 0.650. The molecular weight excluding hydrogens is 208 g/mol. The lowest BCUT2D eigenvalue weighted by Gasteiger charge is -2.04. The number of pyridine rings is 1. The van der Waals surface area contributed by atoms with Gasteiger partial charge in [0.25, 0.3) is 0 Å². The first-order chi connectivity index (χ1) is 8.31. The second-order valence-electron chi connectivity index (χ2n) is 4.40. The Balaban J connectivity index is 1.95. The molecule has 2 heterocycles. The molecule has 2 heteroatoms. The minimum Gasteiger partial charge on any atom is -0.350 e. The van der Waals surface area contributed by atoms with E-state index in [9.17, 15) is 0 Å². The number of fused-ring (bicyclic) bond motifs is 1. The molecule has 0 atom stereocenters. The van der Waals surface area contributed by atoms with Crippen LogP contribution in [0.4, 0.5) is 0 Å².